The molecule has 10 nitrogen and oxygen atoms in total. The molecule has 16 heteroatoms. The van der Waals surface area contributed by atoms with Gasteiger partial charge in [-0.2, -0.15) is 26.3 Å². The average molecular weight is 748 g/mol. The van der Waals surface area contributed by atoms with Gasteiger partial charge in [0.2, 0.25) is 5.65 Å². The van der Waals surface area contributed by atoms with E-state index in [1.54, 1.807) is 71.5 Å². The topological polar surface area (TPSA) is 121 Å². The Morgan fingerprint density at radius 1 is 0.655 bits per heavy atom. The van der Waals surface area contributed by atoms with E-state index in [1.807, 2.05) is 6.07 Å². The first kappa shape index (κ1) is 36.0. The zero-order valence-electron chi connectivity index (χ0n) is 28.0. The molecule has 55 heavy (non-hydrogen) atoms. The van der Waals surface area contributed by atoms with Crippen LogP contribution in [0.4, 0.5) is 32.2 Å². The Morgan fingerprint density at radius 3 is 1.93 bits per heavy atom. The van der Waals surface area contributed by atoms with Crippen LogP contribution in [-0.2, 0) is 12.4 Å². The van der Waals surface area contributed by atoms with E-state index in [9.17, 15) is 31.1 Å². The van der Waals surface area contributed by atoms with Crippen molar-refractivity contribution in [2.75, 3.05) is 0 Å². The van der Waals surface area contributed by atoms with E-state index in [0.29, 0.717) is 45.1 Å². The van der Waals surface area contributed by atoms with E-state index in [0.717, 1.165) is 23.8 Å². The fourth-order valence-corrected chi connectivity index (χ4v) is 5.81. The maximum absolute atomic E-state index is 13.1. The molecule has 0 fully saturated rings. The fraction of sp³-hybridized carbons (Fsp3) is 0.0513. The molecule has 0 saturated heterocycles. The first-order valence-corrected chi connectivity index (χ1v) is 16.1. The summed E-state index contributed by atoms with van der Waals surface area (Å²) in [5, 5.41) is 0. The van der Waals surface area contributed by atoms with Crippen LogP contribution in [0.2, 0.25) is 0 Å². The van der Waals surface area contributed by atoms with Crippen molar-refractivity contribution in [1.82, 2.24) is 33.7 Å². The van der Waals surface area contributed by atoms with Gasteiger partial charge in [0, 0.05) is 52.5 Å². The second-order valence-corrected chi connectivity index (χ2v) is 11.8. The minimum atomic E-state index is -4.56. The Labute approximate surface area is 307 Å². The van der Waals surface area contributed by atoms with Crippen molar-refractivity contribution in [2.24, 2.45) is 5.73 Å². The molecule has 0 atom stereocenters. The highest BCUT2D eigenvalue weighted by atomic mass is 19.4. The van der Waals surface area contributed by atoms with Crippen LogP contribution in [-0.4, -0.2) is 39.6 Å². The van der Waals surface area contributed by atoms with Gasteiger partial charge in [-0.3, -0.25) is 19.2 Å². The Hall–Kier alpha value is -7.41. The van der Waals surface area contributed by atoms with Crippen LogP contribution in [0.1, 0.15) is 21.7 Å². The number of hydrogen-bond donors (Lipinski definition) is 1. The number of amides is 1. The van der Waals surface area contributed by atoms with Crippen molar-refractivity contribution in [2.45, 2.75) is 12.4 Å². The van der Waals surface area contributed by atoms with Gasteiger partial charge in [-0.05, 0) is 54.6 Å². The maximum Gasteiger partial charge on any atom is 0.433 e. The minimum absolute atomic E-state index is 0.0891. The monoisotopic (exact) mass is 747 g/mol. The van der Waals surface area contributed by atoms with Gasteiger partial charge in [0.05, 0.1) is 41.2 Å². The summed E-state index contributed by atoms with van der Waals surface area (Å²) in [4.78, 5) is 35.5. The number of halogens is 6. The van der Waals surface area contributed by atoms with Gasteiger partial charge in [-0.25, -0.2) is 19.4 Å². The minimum Gasteiger partial charge on any atom is -0.364 e. The number of hydrogen-bond acceptors (Lipinski definition) is 6. The lowest BCUT2D eigenvalue weighted by Gasteiger charge is -2.11. The van der Waals surface area contributed by atoms with E-state index >= 15 is 0 Å². The fourth-order valence-electron chi connectivity index (χ4n) is 5.81. The van der Waals surface area contributed by atoms with E-state index in [2.05, 4.69) is 29.8 Å². The summed E-state index contributed by atoms with van der Waals surface area (Å²) in [6, 6.07) is 22.6. The molecule has 0 aliphatic rings. The number of imidazole rings is 2. The lowest BCUT2D eigenvalue weighted by Crippen LogP contribution is -2.13. The molecule has 0 aliphatic carbocycles. The average Bonchev–Trinajstić information content (AvgIpc) is 3.81. The molecule has 272 valence electrons. The number of carbonyl (C=O) groups excluding carboxylic acids is 1. The predicted octanol–water partition coefficient (Wildman–Crippen LogP) is 9.21. The van der Waals surface area contributed by atoms with E-state index in [1.165, 1.54) is 41.2 Å². The number of nitrogens with two attached hydrogens (primary N) is 1. The number of carbonyl (C=O) groups is 1. The number of pyridine rings is 5. The van der Waals surface area contributed by atoms with Gasteiger partial charge >= 0.3 is 12.4 Å². The third kappa shape index (κ3) is 7.31. The zero-order valence-corrected chi connectivity index (χ0v) is 28.0. The van der Waals surface area contributed by atoms with Gasteiger partial charge in [-0.1, -0.05) is 36.9 Å². The van der Waals surface area contributed by atoms with Crippen LogP contribution in [0, 0.1) is 6.57 Å². The summed E-state index contributed by atoms with van der Waals surface area (Å²) >= 11 is 0. The lowest BCUT2D eigenvalue weighted by atomic mass is 9.99. The van der Waals surface area contributed by atoms with Crippen LogP contribution >= 0.6 is 0 Å². The van der Waals surface area contributed by atoms with Crippen molar-refractivity contribution in [3.8, 4) is 44.9 Å². The van der Waals surface area contributed by atoms with Crippen LogP contribution in [0.5, 0.6) is 0 Å². The molecule has 0 bridgehead atoms. The SMILES string of the molecule is NC(=O)c1cnc2ccc(-c3cccnc3-c3cccc(C(F)(F)F)n3)cn12.[C-]#[N+]c1cnc2ccc(-c3cccnc3-c3cccc(C(F)(F)F)c3)cn12. The molecule has 1 aromatic carbocycles. The number of benzene rings is 1. The Kier molecular flexibility index (Phi) is 9.28. The van der Waals surface area contributed by atoms with E-state index in [4.69, 9.17) is 12.3 Å². The molecule has 7 aromatic heterocycles. The summed E-state index contributed by atoms with van der Waals surface area (Å²) in [6.07, 6.45) is 0.246. The summed E-state index contributed by atoms with van der Waals surface area (Å²) in [6.45, 7) is 7.22. The second kappa shape index (κ2) is 14.2. The standard InChI is InChI=1S/C20H11F3N4.C19H12F3N5O/c1-24-18-11-26-17-8-7-14(12-27(17)18)16-6-3-9-25-19(16)13-4-2-5-15(10-13)20(21,22)23;20-19(21,22)15-5-1-4-13(26-15)17-12(3-2-8-24-17)11-6-7-16-25-9-14(18(23)28)27(16)10-11/h2-12H;1-10H,(H2,23,28). The van der Waals surface area contributed by atoms with Gasteiger partial charge in [0.1, 0.15) is 17.0 Å². The molecule has 0 saturated carbocycles. The number of fused-ring (bicyclic) bond motifs is 2. The Balaban J connectivity index is 0.000000169. The quantitative estimate of drug-likeness (QED) is 0.139. The summed E-state index contributed by atoms with van der Waals surface area (Å²) in [5.41, 5.74) is 8.73. The highest BCUT2D eigenvalue weighted by Gasteiger charge is 2.33. The van der Waals surface area contributed by atoms with Crippen molar-refractivity contribution >= 4 is 23.0 Å². The molecule has 0 aliphatic heterocycles. The third-order valence-corrected chi connectivity index (χ3v) is 8.34. The maximum atomic E-state index is 13.1. The van der Waals surface area contributed by atoms with E-state index in [-0.39, 0.29) is 17.1 Å². The molecule has 8 aromatic rings. The zero-order chi connectivity index (χ0) is 38.9. The molecule has 7 heterocycles. The number of alkyl halides is 6. The highest BCUT2D eigenvalue weighted by Crippen LogP contribution is 2.36. The molecular weight excluding hydrogens is 724 g/mol. The van der Waals surface area contributed by atoms with Gasteiger partial charge in [0.25, 0.3) is 11.7 Å². The number of primary amides is 1. The van der Waals surface area contributed by atoms with E-state index < -0.39 is 29.5 Å². The summed E-state index contributed by atoms with van der Waals surface area (Å²) in [7, 11) is 0. The van der Waals surface area contributed by atoms with Crippen molar-refractivity contribution in [3.63, 3.8) is 0 Å². The summed E-state index contributed by atoms with van der Waals surface area (Å²) in [5.74, 6) is -0.285. The van der Waals surface area contributed by atoms with Gasteiger partial charge in [-0.15, -0.1) is 0 Å². The third-order valence-electron chi connectivity index (χ3n) is 8.34. The molecule has 1 amide bonds. The van der Waals surface area contributed by atoms with Crippen LogP contribution in [0.3, 0.4) is 0 Å². The van der Waals surface area contributed by atoms with Gasteiger partial charge < -0.3 is 10.6 Å². The Bertz CT molecular complexity index is 2760. The summed E-state index contributed by atoms with van der Waals surface area (Å²) < 4.78 is 81.5. The molecule has 0 unspecified atom stereocenters. The first-order valence-electron chi connectivity index (χ1n) is 16.1. The smallest absolute Gasteiger partial charge is 0.364 e. The molecule has 0 radical (unpaired) electrons. The highest BCUT2D eigenvalue weighted by molar-refractivity contribution is 5.92. The van der Waals surface area contributed by atoms with Crippen molar-refractivity contribution < 1.29 is 31.1 Å². The van der Waals surface area contributed by atoms with Crippen molar-refractivity contribution in [3.05, 3.63) is 157 Å². The largest absolute Gasteiger partial charge is 0.433 e. The van der Waals surface area contributed by atoms with Crippen LogP contribution < -0.4 is 5.73 Å². The predicted molar refractivity (Wildman–Crippen MR) is 190 cm³/mol. The van der Waals surface area contributed by atoms with Crippen LogP contribution in [0.15, 0.2) is 128 Å². The Morgan fingerprint density at radius 2 is 1.27 bits per heavy atom. The molecule has 2 N–H and O–H groups in total. The first-order chi connectivity index (χ1) is 26.3. The normalized spacial score (nSPS) is 11.6. The molecule has 0 spiro atoms. The lowest BCUT2D eigenvalue weighted by molar-refractivity contribution is -0.141. The van der Waals surface area contributed by atoms with Crippen molar-refractivity contribution in [1.29, 1.82) is 0 Å². The van der Waals surface area contributed by atoms with Gasteiger partial charge in [0.15, 0.2) is 0 Å². The molecule has 8 rings (SSSR count). The number of nitrogens with zero attached hydrogens (tertiary/aromatic N) is 8. The number of rotatable bonds is 5. The molecular formula is C39H23F6N9O. The number of aromatic nitrogens is 7. The van der Waals surface area contributed by atoms with Crippen LogP contribution in [0.25, 0.3) is 61.0 Å². The second-order valence-electron chi connectivity index (χ2n) is 11.8.